The van der Waals surface area contributed by atoms with Crippen LogP contribution < -0.4 is 0 Å². The second kappa shape index (κ2) is 7.57. The van der Waals surface area contributed by atoms with Gasteiger partial charge in [0.2, 0.25) is 5.91 Å². The van der Waals surface area contributed by atoms with Crippen LogP contribution in [0.15, 0.2) is 18.2 Å². The lowest BCUT2D eigenvalue weighted by Crippen LogP contribution is -2.53. The SMILES string of the molecule is O=C(CCc1cccc(F)c1F)N1CCN([C@H]2CCC[C@@H]2O)CC1. The second-order valence-electron chi connectivity index (χ2n) is 6.70. The maximum Gasteiger partial charge on any atom is 0.222 e. The summed E-state index contributed by atoms with van der Waals surface area (Å²) < 4.78 is 26.8. The molecular formula is C18H24F2N2O2. The van der Waals surface area contributed by atoms with Gasteiger partial charge in [0, 0.05) is 38.6 Å². The van der Waals surface area contributed by atoms with Gasteiger partial charge in [-0.15, -0.1) is 0 Å². The van der Waals surface area contributed by atoms with Gasteiger partial charge in [-0.25, -0.2) is 8.78 Å². The first-order valence-electron chi connectivity index (χ1n) is 8.69. The van der Waals surface area contributed by atoms with Crippen molar-refractivity contribution in [2.24, 2.45) is 0 Å². The topological polar surface area (TPSA) is 43.8 Å². The largest absolute Gasteiger partial charge is 0.391 e. The van der Waals surface area contributed by atoms with Crippen molar-refractivity contribution < 1.29 is 18.7 Å². The van der Waals surface area contributed by atoms with Crippen molar-refractivity contribution in [1.82, 2.24) is 9.80 Å². The molecular weight excluding hydrogens is 314 g/mol. The zero-order chi connectivity index (χ0) is 17.1. The van der Waals surface area contributed by atoms with Gasteiger partial charge in [-0.05, 0) is 37.3 Å². The van der Waals surface area contributed by atoms with Crippen molar-refractivity contribution in [3.05, 3.63) is 35.4 Å². The van der Waals surface area contributed by atoms with E-state index in [9.17, 15) is 18.7 Å². The highest BCUT2D eigenvalue weighted by Gasteiger charge is 2.33. The minimum atomic E-state index is -0.872. The number of amides is 1. The van der Waals surface area contributed by atoms with E-state index in [0.717, 1.165) is 38.4 Å². The van der Waals surface area contributed by atoms with Crippen molar-refractivity contribution in [2.75, 3.05) is 26.2 Å². The standard InChI is InChI=1S/C18H24F2N2O2/c19-14-4-1-3-13(18(14)20)7-8-17(24)22-11-9-21(10-12-22)15-5-2-6-16(15)23/h1,3-4,15-16,23H,2,5-12H2/t15-,16-/m0/s1. The molecule has 1 N–H and O–H groups in total. The number of hydrogen-bond donors (Lipinski definition) is 1. The number of rotatable bonds is 4. The number of piperazine rings is 1. The van der Waals surface area contributed by atoms with Gasteiger partial charge >= 0.3 is 0 Å². The number of aryl methyl sites for hydroxylation is 1. The first kappa shape index (κ1) is 17.3. The highest BCUT2D eigenvalue weighted by Crippen LogP contribution is 2.25. The lowest BCUT2D eigenvalue weighted by molar-refractivity contribution is -0.133. The minimum absolute atomic E-state index is 0.0229. The van der Waals surface area contributed by atoms with E-state index in [1.165, 1.54) is 12.1 Å². The number of hydrogen-bond acceptors (Lipinski definition) is 3. The molecule has 1 aliphatic heterocycles. The van der Waals surface area contributed by atoms with Gasteiger partial charge in [0.1, 0.15) is 0 Å². The van der Waals surface area contributed by atoms with Crippen LogP contribution in [0.25, 0.3) is 0 Å². The molecule has 0 spiro atoms. The van der Waals surface area contributed by atoms with Gasteiger partial charge in [-0.2, -0.15) is 0 Å². The molecule has 0 radical (unpaired) electrons. The average molecular weight is 338 g/mol. The van der Waals surface area contributed by atoms with E-state index in [1.807, 2.05) is 0 Å². The average Bonchev–Trinajstić information content (AvgIpc) is 3.02. The van der Waals surface area contributed by atoms with Gasteiger partial charge in [-0.3, -0.25) is 9.69 Å². The van der Waals surface area contributed by atoms with Gasteiger partial charge in [0.05, 0.1) is 6.10 Å². The Morgan fingerprint density at radius 3 is 2.58 bits per heavy atom. The zero-order valence-electron chi connectivity index (χ0n) is 13.8. The third kappa shape index (κ3) is 3.75. The Hall–Kier alpha value is -1.53. The lowest BCUT2D eigenvalue weighted by Gasteiger charge is -2.39. The van der Waals surface area contributed by atoms with Crippen molar-refractivity contribution in [1.29, 1.82) is 0 Å². The number of aliphatic hydroxyl groups is 1. The summed E-state index contributed by atoms with van der Waals surface area (Å²) in [6, 6.07) is 4.29. The van der Waals surface area contributed by atoms with Crippen LogP contribution >= 0.6 is 0 Å². The molecule has 1 saturated heterocycles. The number of benzene rings is 1. The number of carbonyl (C=O) groups is 1. The minimum Gasteiger partial charge on any atom is -0.391 e. The zero-order valence-corrected chi connectivity index (χ0v) is 13.8. The molecule has 1 aromatic rings. The Labute approximate surface area is 141 Å². The third-order valence-corrected chi connectivity index (χ3v) is 5.22. The van der Waals surface area contributed by atoms with E-state index in [1.54, 1.807) is 4.90 Å². The van der Waals surface area contributed by atoms with Crippen molar-refractivity contribution in [3.63, 3.8) is 0 Å². The Morgan fingerprint density at radius 1 is 1.17 bits per heavy atom. The van der Waals surface area contributed by atoms with E-state index in [4.69, 9.17) is 0 Å². The first-order chi connectivity index (χ1) is 11.6. The number of nitrogens with zero attached hydrogens (tertiary/aromatic N) is 2. The predicted molar refractivity (Wildman–Crippen MR) is 86.5 cm³/mol. The van der Waals surface area contributed by atoms with Crippen LogP contribution in [-0.4, -0.2) is 59.1 Å². The van der Waals surface area contributed by atoms with Crippen LogP contribution in [0.3, 0.4) is 0 Å². The van der Waals surface area contributed by atoms with Crippen LogP contribution in [0.4, 0.5) is 8.78 Å². The molecule has 1 amide bonds. The van der Waals surface area contributed by atoms with Gasteiger partial charge in [0.15, 0.2) is 11.6 Å². The Balaban J connectivity index is 1.48. The monoisotopic (exact) mass is 338 g/mol. The Bertz CT molecular complexity index is 588. The van der Waals surface area contributed by atoms with Gasteiger partial charge in [0.25, 0.3) is 0 Å². The molecule has 3 rings (SSSR count). The fourth-order valence-electron chi connectivity index (χ4n) is 3.79. The summed E-state index contributed by atoms with van der Waals surface area (Å²) >= 11 is 0. The second-order valence-corrected chi connectivity index (χ2v) is 6.70. The molecule has 132 valence electrons. The van der Waals surface area contributed by atoms with Gasteiger partial charge in [-0.1, -0.05) is 12.1 Å². The molecule has 2 fully saturated rings. The highest BCUT2D eigenvalue weighted by molar-refractivity contribution is 5.76. The normalized spacial score (nSPS) is 25.2. The van der Waals surface area contributed by atoms with E-state index in [-0.39, 0.29) is 36.5 Å². The number of halogens is 2. The highest BCUT2D eigenvalue weighted by atomic mass is 19.2. The fraction of sp³-hybridized carbons (Fsp3) is 0.611. The fourth-order valence-corrected chi connectivity index (χ4v) is 3.79. The molecule has 0 bridgehead atoms. The van der Waals surface area contributed by atoms with E-state index < -0.39 is 11.6 Å². The van der Waals surface area contributed by atoms with E-state index >= 15 is 0 Å². The molecule has 6 heteroatoms. The summed E-state index contributed by atoms with van der Waals surface area (Å²) in [7, 11) is 0. The van der Waals surface area contributed by atoms with Crippen molar-refractivity contribution in [3.8, 4) is 0 Å². The third-order valence-electron chi connectivity index (χ3n) is 5.22. The summed E-state index contributed by atoms with van der Waals surface area (Å²) in [5.74, 6) is -1.75. The molecule has 24 heavy (non-hydrogen) atoms. The number of aliphatic hydroxyl groups excluding tert-OH is 1. The Kier molecular flexibility index (Phi) is 5.46. The Morgan fingerprint density at radius 2 is 1.92 bits per heavy atom. The van der Waals surface area contributed by atoms with Crippen LogP contribution in [0, 0.1) is 11.6 Å². The summed E-state index contributed by atoms with van der Waals surface area (Å²) in [5, 5.41) is 9.99. The maximum atomic E-state index is 13.6. The molecule has 0 unspecified atom stereocenters. The molecule has 4 nitrogen and oxygen atoms in total. The summed E-state index contributed by atoms with van der Waals surface area (Å²) in [6.07, 6.45) is 3.10. The molecule has 1 aromatic carbocycles. The molecule has 1 saturated carbocycles. The first-order valence-corrected chi connectivity index (χ1v) is 8.69. The molecule has 1 heterocycles. The summed E-state index contributed by atoms with van der Waals surface area (Å²) in [4.78, 5) is 16.4. The van der Waals surface area contributed by atoms with Crippen LogP contribution in [-0.2, 0) is 11.2 Å². The predicted octanol–water partition coefficient (Wildman–Crippen LogP) is 1.95. The van der Waals surface area contributed by atoms with Crippen molar-refractivity contribution in [2.45, 2.75) is 44.2 Å². The quantitative estimate of drug-likeness (QED) is 0.913. The van der Waals surface area contributed by atoms with E-state index in [0.29, 0.717) is 13.1 Å². The smallest absolute Gasteiger partial charge is 0.222 e. The van der Waals surface area contributed by atoms with Crippen LogP contribution in [0.5, 0.6) is 0 Å². The lowest BCUT2D eigenvalue weighted by atomic mass is 10.1. The van der Waals surface area contributed by atoms with E-state index in [2.05, 4.69) is 4.90 Å². The van der Waals surface area contributed by atoms with Crippen LogP contribution in [0.1, 0.15) is 31.2 Å². The number of carbonyl (C=O) groups excluding carboxylic acids is 1. The molecule has 1 aliphatic carbocycles. The van der Waals surface area contributed by atoms with Gasteiger partial charge < -0.3 is 10.0 Å². The molecule has 0 aromatic heterocycles. The maximum absolute atomic E-state index is 13.6. The summed E-state index contributed by atoms with van der Waals surface area (Å²) in [5.41, 5.74) is 0.246. The van der Waals surface area contributed by atoms with Crippen LogP contribution in [0.2, 0.25) is 0 Å². The summed E-state index contributed by atoms with van der Waals surface area (Å²) in [6.45, 7) is 2.80. The molecule has 2 atom stereocenters. The van der Waals surface area contributed by atoms with Crippen molar-refractivity contribution >= 4 is 5.91 Å². The molecule has 2 aliphatic rings.